The third-order valence-corrected chi connectivity index (χ3v) is 5.34. The van der Waals surface area contributed by atoms with Gasteiger partial charge in [0, 0.05) is 11.6 Å². The molecule has 0 unspecified atom stereocenters. The highest BCUT2D eigenvalue weighted by Crippen LogP contribution is 2.52. The van der Waals surface area contributed by atoms with Crippen molar-refractivity contribution in [2.24, 2.45) is 34.5 Å². The highest BCUT2D eigenvalue weighted by atomic mass is 16.6. The van der Waals surface area contributed by atoms with Gasteiger partial charge in [-0.25, -0.2) is 0 Å². The van der Waals surface area contributed by atoms with Crippen molar-refractivity contribution < 1.29 is 24.0 Å². The predicted octanol–water partition coefficient (Wildman–Crippen LogP) is 0.600. The molecule has 2 bridgehead atoms. The van der Waals surface area contributed by atoms with Gasteiger partial charge in [-0.15, -0.1) is 0 Å². The van der Waals surface area contributed by atoms with Crippen molar-refractivity contribution in [1.29, 1.82) is 0 Å². The number of hydrogen-bond acceptors (Lipinski definition) is 7. The molecule has 1 aromatic rings. The van der Waals surface area contributed by atoms with Crippen LogP contribution >= 0.6 is 0 Å². The molecule has 1 aliphatic heterocycles. The number of imide groups is 1. The van der Waals surface area contributed by atoms with E-state index in [1.807, 2.05) is 12.2 Å². The molecule has 1 saturated heterocycles. The van der Waals surface area contributed by atoms with Crippen LogP contribution in [0.3, 0.4) is 0 Å². The second-order valence-electron chi connectivity index (χ2n) is 6.94. The molecular formula is C18H16N4O6. The third-order valence-electron chi connectivity index (χ3n) is 5.34. The number of fused-ring (bicyclic) bond motifs is 5. The summed E-state index contributed by atoms with van der Waals surface area (Å²) in [6.07, 6.45) is 5.90. The molecule has 1 saturated carbocycles. The zero-order chi connectivity index (χ0) is 20.0. The van der Waals surface area contributed by atoms with Gasteiger partial charge in [-0.2, -0.15) is 10.1 Å². The molecule has 4 rings (SSSR count). The molecule has 4 atom stereocenters. The normalized spacial score (nSPS) is 27.6. The van der Waals surface area contributed by atoms with Crippen LogP contribution in [0.15, 0.2) is 35.5 Å². The number of amides is 3. The Morgan fingerprint density at radius 2 is 1.93 bits per heavy atom. The Morgan fingerprint density at radius 1 is 1.29 bits per heavy atom. The van der Waals surface area contributed by atoms with Crippen molar-refractivity contribution in [3.8, 4) is 5.75 Å². The predicted molar refractivity (Wildman–Crippen MR) is 94.9 cm³/mol. The number of nitro benzene ring substituents is 1. The SMILES string of the molecule is NC(=O)COc1c(C=NN2C(=O)[C@@H]3[C@H](C2=O)[C@H]2C=C[C@H]3C2)cccc1[N+](=O)[O-]. The van der Waals surface area contributed by atoms with E-state index in [2.05, 4.69) is 5.10 Å². The maximum absolute atomic E-state index is 12.6. The molecule has 3 aliphatic rings. The van der Waals surface area contributed by atoms with Gasteiger partial charge in [0.05, 0.1) is 23.0 Å². The molecule has 10 nitrogen and oxygen atoms in total. The van der Waals surface area contributed by atoms with Crippen LogP contribution in [-0.2, 0) is 14.4 Å². The number of allylic oxidation sites excluding steroid dienone is 2. The number of carbonyl (C=O) groups excluding carboxylic acids is 3. The number of hydrogen-bond donors (Lipinski definition) is 1. The van der Waals surface area contributed by atoms with Crippen LogP contribution in [0.2, 0.25) is 0 Å². The van der Waals surface area contributed by atoms with Crippen LogP contribution in [0.4, 0.5) is 5.69 Å². The Balaban J connectivity index is 1.62. The van der Waals surface area contributed by atoms with Crippen molar-refractivity contribution in [2.45, 2.75) is 6.42 Å². The van der Waals surface area contributed by atoms with Gasteiger partial charge in [-0.05, 0) is 24.3 Å². The fourth-order valence-electron chi connectivity index (χ4n) is 4.21. The van der Waals surface area contributed by atoms with E-state index in [9.17, 15) is 24.5 Å². The van der Waals surface area contributed by atoms with E-state index in [1.165, 1.54) is 18.2 Å². The van der Waals surface area contributed by atoms with Gasteiger partial charge < -0.3 is 10.5 Å². The van der Waals surface area contributed by atoms with Gasteiger partial charge in [0.2, 0.25) is 5.75 Å². The molecule has 1 heterocycles. The molecule has 28 heavy (non-hydrogen) atoms. The lowest BCUT2D eigenvalue weighted by Crippen LogP contribution is -2.28. The summed E-state index contributed by atoms with van der Waals surface area (Å²) < 4.78 is 5.17. The highest BCUT2D eigenvalue weighted by Gasteiger charge is 2.59. The molecular weight excluding hydrogens is 368 g/mol. The lowest BCUT2D eigenvalue weighted by molar-refractivity contribution is -0.385. The second kappa shape index (κ2) is 6.55. The molecule has 10 heteroatoms. The minimum absolute atomic E-state index is 0.0546. The van der Waals surface area contributed by atoms with Gasteiger partial charge in [-0.1, -0.05) is 18.2 Å². The molecule has 2 N–H and O–H groups in total. The molecule has 3 amide bonds. The van der Waals surface area contributed by atoms with Crippen LogP contribution in [-0.4, -0.2) is 40.5 Å². The van der Waals surface area contributed by atoms with Crippen molar-refractivity contribution in [3.05, 3.63) is 46.0 Å². The number of carbonyl (C=O) groups is 3. The summed E-state index contributed by atoms with van der Waals surface area (Å²) in [5.41, 5.74) is 4.80. The van der Waals surface area contributed by atoms with E-state index in [4.69, 9.17) is 10.5 Å². The Morgan fingerprint density at radius 3 is 2.50 bits per heavy atom. The average molecular weight is 384 g/mol. The summed E-state index contributed by atoms with van der Waals surface area (Å²) in [4.78, 5) is 46.8. The molecule has 144 valence electrons. The number of nitrogens with two attached hydrogens (primary N) is 1. The molecule has 0 spiro atoms. The standard InChI is InChI=1S/C18H16N4O6/c19-13(23)8-28-16-11(2-1-3-12(16)22(26)27)7-20-21-17(24)14-9-4-5-10(6-9)15(14)18(21)25/h1-5,7,9-10,14-15H,6,8H2,(H2,19,23)/t9-,10-,14-,15+/m0/s1. The fourth-order valence-corrected chi connectivity index (χ4v) is 4.21. The van der Waals surface area contributed by atoms with Gasteiger partial charge in [0.15, 0.2) is 6.61 Å². The summed E-state index contributed by atoms with van der Waals surface area (Å²) in [6, 6.07) is 4.07. The van der Waals surface area contributed by atoms with Gasteiger partial charge in [0.25, 0.3) is 17.7 Å². The number of primary amides is 1. The van der Waals surface area contributed by atoms with Crippen LogP contribution in [0.1, 0.15) is 12.0 Å². The van der Waals surface area contributed by atoms with Crippen molar-refractivity contribution in [1.82, 2.24) is 5.01 Å². The molecule has 1 aromatic carbocycles. The smallest absolute Gasteiger partial charge is 0.311 e. The average Bonchev–Trinajstić information content (AvgIpc) is 3.33. The summed E-state index contributed by atoms with van der Waals surface area (Å²) >= 11 is 0. The summed E-state index contributed by atoms with van der Waals surface area (Å²) in [6.45, 7) is -0.563. The first kappa shape index (κ1) is 17.8. The van der Waals surface area contributed by atoms with E-state index in [0.717, 1.165) is 17.6 Å². The van der Waals surface area contributed by atoms with Crippen molar-refractivity contribution in [2.75, 3.05) is 6.61 Å². The number of rotatable bonds is 6. The van der Waals surface area contributed by atoms with Gasteiger partial charge >= 0.3 is 5.69 Å². The number of nitrogens with zero attached hydrogens (tertiary/aromatic N) is 3. The summed E-state index contributed by atoms with van der Waals surface area (Å²) in [5, 5.41) is 16.1. The lowest BCUT2D eigenvalue weighted by Gasteiger charge is -2.13. The molecule has 2 aliphatic carbocycles. The molecule has 0 aromatic heterocycles. The van der Waals surface area contributed by atoms with Crippen molar-refractivity contribution >= 4 is 29.6 Å². The summed E-state index contributed by atoms with van der Waals surface area (Å²) in [5.74, 6) is -2.43. The lowest BCUT2D eigenvalue weighted by atomic mass is 9.85. The maximum atomic E-state index is 12.6. The van der Waals surface area contributed by atoms with E-state index in [-0.39, 0.29) is 40.7 Å². The zero-order valence-electron chi connectivity index (χ0n) is 14.6. The first-order chi connectivity index (χ1) is 13.4. The highest BCUT2D eigenvalue weighted by molar-refractivity contribution is 6.07. The quantitative estimate of drug-likeness (QED) is 0.250. The minimum Gasteiger partial charge on any atom is -0.476 e. The zero-order valence-corrected chi connectivity index (χ0v) is 14.6. The monoisotopic (exact) mass is 384 g/mol. The fraction of sp³-hybridized carbons (Fsp3) is 0.333. The molecule has 0 radical (unpaired) electrons. The summed E-state index contributed by atoms with van der Waals surface area (Å²) in [7, 11) is 0. The number of hydrazone groups is 1. The molecule has 2 fully saturated rings. The van der Waals surface area contributed by atoms with E-state index in [1.54, 1.807) is 0 Å². The maximum Gasteiger partial charge on any atom is 0.311 e. The largest absolute Gasteiger partial charge is 0.476 e. The first-order valence-electron chi connectivity index (χ1n) is 8.67. The van der Waals surface area contributed by atoms with Gasteiger partial charge in [-0.3, -0.25) is 24.5 Å². The number of benzene rings is 1. The van der Waals surface area contributed by atoms with Gasteiger partial charge in [0.1, 0.15) is 0 Å². The minimum atomic E-state index is -0.804. The topological polar surface area (TPSA) is 145 Å². The van der Waals surface area contributed by atoms with Crippen LogP contribution in [0.5, 0.6) is 5.75 Å². The Bertz CT molecular complexity index is 925. The van der Waals surface area contributed by atoms with Crippen LogP contribution in [0.25, 0.3) is 0 Å². The second-order valence-corrected chi connectivity index (χ2v) is 6.94. The number of ether oxygens (including phenoxy) is 1. The first-order valence-corrected chi connectivity index (χ1v) is 8.67. The van der Waals surface area contributed by atoms with Crippen LogP contribution in [0, 0.1) is 33.8 Å². The van der Waals surface area contributed by atoms with E-state index in [0.29, 0.717) is 0 Å². The third kappa shape index (κ3) is 2.73. The Kier molecular flexibility index (Phi) is 4.17. The number of nitro groups is 1. The van der Waals surface area contributed by atoms with Crippen LogP contribution < -0.4 is 10.5 Å². The van der Waals surface area contributed by atoms with E-state index >= 15 is 0 Å². The number of para-hydroxylation sites is 1. The Hall–Kier alpha value is -3.56. The van der Waals surface area contributed by atoms with Crippen molar-refractivity contribution in [3.63, 3.8) is 0 Å². The van der Waals surface area contributed by atoms with E-state index < -0.39 is 29.3 Å². The Labute approximate surface area is 158 Å².